The summed E-state index contributed by atoms with van der Waals surface area (Å²) in [6.07, 6.45) is 7.65. The van der Waals surface area contributed by atoms with E-state index in [2.05, 4.69) is 6.58 Å². The van der Waals surface area contributed by atoms with Gasteiger partial charge in [0.25, 0.3) is 0 Å². The van der Waals surface area contributed by atoms with Gasteiger partial charge in [-0.3, -0.25) is 0 Å². The molecule has 1 nitrogen and oxygen atoms in total. The Morgan fingerprint density at radius 1 is 1.60 bits per heavy atom. The van der Waals surface area contributed by atoms with Gasteiger partial charge in [0, 0.05) is 7.11 Å². The fourth-order valence-electron chi connectivity index (χ4n) is 0.586. The Morgan fingerprint density at radius 2 is 2.30 bits per heavy atom. The lowest BCUT2D eigenvalue weighted by molar-refractivity contribution is 0.228. The molecule has 0 radical (unpaired) electrons. The first-order valence-electron chi connectivity index (χ1n) is 3.28. The minimum absolute atomic E-state index is 0.668. The number of hydrogen-bond acceptors (Lipinski definition) is 1. The zero-order valence-electron chi connectivity index (χ0n) is 6.63. The molecule has 0 aliphatic carbocycles. The molecule has 0 aliphatic heterocycles. The van der Waals surface area contributed by atoms with Crippen molar-refractivity contribution >= 4 is 0 Å². The standard InChI is InChI=1S/C9H14O/c1-4-6-7-9(5-2)8-10-3/h4-7H,1,8H2,2-3H3. The summed E-state index contributed by atoms with van der Waals surface area (Å²) in [7, 11) is 1.69. The number of ether oxygens (including phenoxy) is 1. The predicted molar refractivity (Wildman–Crippen MR) is 45.0 cm³/mol. The van der Waals surface area contributed by atoms with Crippen LogP contribution in [0.3, 0.4) is 0 Å². The number of methoxy groups -OCH3 is 1. The van der Waals surface area contributed by atoms with Crippen molar-refractivity contribution in [2.24, 2.45) is 0 Å². The molecule has 0 fully saturated rings. The van der Waals surface area contributed by atoms with Gasteiger partial charge in [0.2, 0.25) is 0 Å². The van der Waals surface area contributed by atoms with Crippen molar-refractivity contribution in [3.8, 4) is 0 Å². The van der Waals surface area contributed by atoms with Crippen LogP contribution in [0, 0.1) is 0 Å². The van der Waals surface area contributed by atoms with Crippen molar-refractivity contribution in [1.29, 1.82) is 0 Å². The largest absolute Gasteiger partial charge is 0.380 e. The number of hydrogen-bond donors (Lipinski definition) is 0. The van der Waals surface area contributed by atoms with Gasteiger partial charge >= 0.3 is 0 Å². The molecule has 0 aliphatic rings. The van der Waals surface area contributed by atoms with Gasteiger partial charge in [0.1, 0.15) is 0 Å². The minimum Gasteiger partial charge on any atom is -0.380 e. The van der Waals surface area contributed by atoms with Gasteiger partial charge in [-0.15, -0.1) is 0 Å². The highest BCUT2D eigenvalue weighted by Crippen LogP contribution is 1.96. The van der Waals surface area contributed by atoms with Gasteiger partial charge in [-0.25, -0.2) is 0 Å². The van der Waals surface area contributed by atoms with Crippen LogP contribution in [0.5, 0.6) is 0 Å². The van der Waals surface area contributed by atoms with Gasteiger partial charge in [0.05, 0.1) is 6.61 Å². The first kappa shape index (κ1) is 9.18. The van der Waals surface area contributed by atoms with Crippen LogP contribution in [0.15, 0.2) is 36.5 Å². The molecule has 0 aromatic carbocycles. The SMILES string of the molecule is C=CC=CC(=CC)COC. The molecule has 0 aromatic rings. The smallest absolute Gasteiger partial charge is 0.0709 e. The predicted octanol–water partition coefficient (Wildman–Crippen LogP) is 2.32. The summed E-state index contributed by atoms with van der Waals surface area (Å²) in [5.74, 6) is 0. The van der Waals surface area contributed by atoms with Crippen LogP contribution < -0.4 is 0 Å². The lowest BCUT2D eigenvalue weighted by atomic mass is 10.2. The average Bonchev–Trinajstić information content (AvgIpc) is 1.98. The minimum atomic E-state index is 0.668. The lowest BCUT2D eigenvalue weighted by Crippen LogP contribution is -1.89. The van der Waals surface area contributed by atoms with E-state index < -0.39 is 0 Å². The third-order valence-corrected chi connectivity index (χ3v) is 1.13. The number of allylic oxidation sites excluding steroid dienone is 3. The fourth-order valence-corrected chi connectivity index (χ4v) is 0.586. The first-order chi connectivity index (χ1) is 4.85. The molecule has 0 aromatic heterocycles. The Bertz CT molecular complexity index is 143. The average molecular weight is 138 g/mol. The van der Waals surface area contributed by atoms with E-state index in [1.807, 2.05) is 25.2 Å². The monoisotopic (exact) mass is 138 g/mol. The second-order valence-corrected chi connectivity index (χ2v) is 1.89. The summed E-state index contributed by atoms with van der Waals surface area (Å²) in [5.41, 5.74) is 1.17. The van der Waals surface area contributed by atoms with E-state index in [9.17, 15) is 0 Å². The number of rotatable bonds is 4. The molecule has 0 N–H and O–H groups in total. The van der Waals surface area contributed by atoms with Crippen molar-refractivity contribution in [1.82, 2.24) is 0 Å². The van der Waals surface area contributed by atoms with Crippen LogP contribution >= 0.6 is 0 Å². The van der Waals surface area contributed by atoms with Crippen LogP contribution in [0.2, 0.25) is 0 Å². The van der Waals surface area contributed by atoms with E-state index in [-0.39, 0.29) is 0 Å². The highest BCUT2D eigenvalue weighted by Gasteiger charge is 1.85. The molecule has 0 spiro atoms. The van der Waals surface area contributed by atoms with E-state index >= 15 is 0 Å². The summed E-state index contributed by atoms with van der Waals surface area (Å²) in [4.78, 5) is 0. The Labute approximate surface area is 62.7 Å². The van der Waals surface area contributed by atoms with Crippen LogP contribution in [0.25, 0.3) is 0 Å². The lowest BCUT2D eigenvalue weighted by Gasteiger charge is -1.96. The highest BCUT2D eigenvalue weighted by atomic mass is 16.5. The Kier molecular flexibility index (Phi) is 5.79. The van der Waals surface area contributed by atoms with E-state index in [0.29, 0.717) is 6.61 Å². The van der Waals surface area contributed by atoms with Gasteiger partial charge in [-0.05, 0) is 12.5 Å². The first-order valence-corrected chi connectivity index (χ1v) is 3.28. The maximum absolute atomic E-state index is 4.94. The normalized spacial score (nSPS) is 12.4. The summed E-state index contributed by atoms with van der Waals surface area (Å²) in [6.45, 7) is 6.23. The van der Waals surface area contributed by atoms with Crippen molar-refractivity contribution in [3.05, 3.63) is 36.5 Å². The summed E-state index contributed by atoms with van der Waals surface area (Å²) in [5, 5.41) is 0. The second-order valence-electron chi connectivity index (χ2n) is 1.89. The molecule has 0 amide bonds. The quantitative estimate of drug-likeness (QED) is 0.542. The van der Waals surface area contributed by atoms with Gasteiger partial charge in [-0.2, -0.15) is 0 Å². The molecular formula is C9H14O. The molecule has 56 valence electrons. The molecule has 1 heteroatoms. The van der Waals surface area contributed by atoms with E-state index in [1.165, 1.54) is 5.57 Å². The van der Waals surface area contributed by atoms with E-state index in [0.717, 1.165) is 0 Å². The van der Waals surface area contributed by atoms with Crippen LogP contribution in [0.1, 0.15) is 6.92 Å². The Balaban J connectivity index is 3.84. The molecule has 0 atom stereocenters. The molecule has 0 unspecified atom stereocenters. The van der Waals surface area contributed by atoms with Crippen LogP contribution in [-0.4, -0.2) is 13.7 Å². The van der Waals surface area contributed by atoms with E-state index in [4.69, 9.17) is 4.74 Å². The maximum Gasteiger partial charge on any atom is 0.0709 e. The molecule has 0 saturated carbocycles. The van der Waals surface area contributed by atoms with Crippen molar-refractivity contribution in [2.45, 2.75) is 6.92 Å². The van der Waals surface area contributed by atoms with Gasteiger partial charge in [-0.1, -0.05) is 30.9 Å². The van der Waals surface area contributed by atoms with Crippen molar-refractivity contribution in [2.75, 3.05) is 13.7 Å². The topological polar surface area (TPSA) is 9.23 Å². The molecule has 0 heterocycles. The van der Waals surface area contributed by atoms with Crippen molar-refractivity contribution < 1.29 is 4.74 Å². The third-order valence-electron chi connectivity index (χ3n) is 1.13. The third kappa shape index (κ3) is 4.10. The Morgan fingerprint density at radius 3 is 2.70 bits per heavy atom. The zero-order chi connectivity index (χ0) is 7.82. The van der Waals surface area contributed by atoms with Crippen molar-refractivity contribution in [3.63, 3.8) is 0 Å². The van der Waals surface area contributed by atoms with Gasteiger partial charge < -0.3 is 4.74 Å². The van der Waals surface area contributed by atoms with Gasteiger partial charge in [0.15, 0.2) is 0 Å². The fraction of sp³-hybridized carbons (Fsp3) is 0.333. The van der Waals surface area contributed by atoms with Crippen LogP contribution in [-0.2, 0) is 4.74 Å². The second kappa shape index (κ2) is 6.30. The zero-order valence-corrected chi connectivity index (χ0v) is 6.63. The maximum atomic E-state index is 4.94. The molecule has 0 bridgehead atoms. The summed E-state index contributed by atoms with van der Waals surface area (Å²) < 4.78 is 4.94. The van der Waals surface area contributed by atoms with Crippen LogP contribution in [0.4, 0.5) is 0 Å². The summed E-state index contributed by atoms with van der Waals surface area (Å²) >= 11 is 0. The summed E-state index contributed by atoms with van der Waals surface area (Å²) in [6, 6.07) is 0. The molecule has 0 saturated heterocycles. The molecular weight excluding hydrogens is 124 g/mol. The van der Waals surface area contributed by atoms with E-state index in [1.54, 1.807) is 13.2 Å². The molecule has 0 rings (SSSR count). The Hall–Kier alpha value is -0.820. The highest BCUT2D eigenvalue weighted by molar-refractivity contribution is 5.21. The molecule has 10 heavy (non-hydrogen) atoms.